The zero-order chi connectivity index (χ0) is 24.6. The van der Waals surface area contributed by atoms with Gasteiger partial charge < -0.3 is 9.80 Å². The van der Waals surface area contributed by atoms with Gasteiger partial charge in [0.2, 0.25) is 20.0 Å². The molecule has 8 nitrogen and oxygen atoms in total. The number of rotatable bonds is 12. The maximum Gasteiger partial charge on any atom is 0.242 e. The van der Waals surface area contributed by atoms with E-state index in [0.29, 0.717) is 31.0 Å². The molecule has 1 saturated heterocycles. The van der Waals surface area contributed by atoms with Crippen LogP contribution >= 0.6 is 23.2 Å². The standard InChI is InChI=1S/C22H30Cl2N4O4S2/c23-19-6-3-7-20(18-19)33(29,30)25-10-4-12-27-14-16-28(17-15-27)13-5-11-26-34(31,32)22-9-2-1-8-21(22)24/h1-3,6-9,18,25-26H,4-5,10-17H2. The molecule has 0 aromatic heterocycles. The van der Waals surface area contributed by atoms with Gasteiger partial charge in [0.05, 0.1) is 9.92 Å². The monoisotopic (exact) mass is 548 g/mol. The molecule has 2 N–H and O–H groups in total. The van der Waals surface area contributed by atoms with Gasteiger partial charge in [0.15, 0.2) is 0 Å². The van der Waals surface area contributed by atoms with Crippen LogP contribution in [-0.2, 0) is 20.0 Å². The summed E-state index contributed by atoms with van der Waals surface area (Å²) >= 11 is 11.9. The van der Waals surface area contributed by atoms with Crippen molar-refractivity contribution >= 4 is 43.2 Å². The Labute approximate surface area is 212 Å². The van der Waals surface area contributed by atoms with Crippen LogP contribution in [-0.4, -0.2) is 79.0 Å². The lowest BCUT2D eigenvalue weighted by Gasteiger charge is -2.34. The van der Waals surface area contributed by atoms with E-state index in [4.69, 9.17) is 23.2 Å². The van der Waals surface area contributed by atoms with Crippen LogP contribution in [0.4, 0.5) is 0 Å². The molecule has 188 valence electrons. The quantitative estimate of drug-likeness (QED) is 0.395. The molecule has 0 saturated carbocycles. The van der Waals surface area contributed by atoms with Gasteiger partial charge in [0, 0.05) is 44.3 Å². The van der Waals surface area contributed by atoms with Gasteiger partial charge in [0.25, 0.3) is 0 Å². The van der Waals surface area contributed by atoms with E-state index in [1.54, 1.807) is 30.3 Å². The third kappa shape index (κ3) is 8.17. The van der Waals surface area contributed by atoms with Crippen molar-refractivity contribution in [2.24, 2.45) is 0 Å². The number of nitrogens with one attached hydrogen (secondary N) is 2. The maximum absolute atomic E-state index is 12.4. The van der Waals surface area contributed by atoms with Crippen molar-refractivity contribution in [2.75, 3.05) is 52.4 Å². The van der Waals surface area contributed by atoms with Crippen molar-refractivity contribution in [1.29, 1.82) is 0 Å². The molecule has 0 bridgehead atoms. The van der Waals surface area contributed by atoms with Crippen LogP contribution in [0.25, 0.3) is 0 Å². The zero-order valence-corrected chi connectivity index (χ0v) is 21.9. The van der Waals surface area contributed by atoms with Gasteiger partial charge in [-0.25, -0.2) is 26.3 Å². The fourth-order valence-electron chi connectivity index (χ4n) is 3.71. The molecule has 0 atom stereocenters. The molecule has 34 heavy (non-hydrogen) atoms. The van der Waals surface area contributed by atoms with Gasteiger partial charge in [-0.15, -0.1) is 0 Å². The summed E-state index contributed by atoms with van der Waals surface area (Å²) in [5.74, 6) is 0. The average molecular weight is 550 g/mol. The second-order valence-corrected chi connectivity index (χ2v) is 12.4. The van der Waals surface area contributed by atoms with Crippen molar-refractivity contribution in [3.05, 3.63) is 58.6 Å². The largest absolute Gasteiger partial charge is 0.301 e. The SMILES string of the molecule is O=S(=O)(NCCCN1CCN(CCCNS(=O)(=O)c2ccccc2Cl)CC1)c1cccc(Cl)c1. The van der Waals surface area contributed by atoms with Gasteiger partial charge in [0.1, 0.15) is 4.90 Å². The molecule has 0 spiro atoms. The summed E-state index contributed by atoms with van der Waals surface area (Å²) in [6.07, 6.45) is 1.42. The van der Waals surface area contributed by atoms with Crippen LogP contribution in [0.2, 0.25) is 10.0 Å². The molecular formula is C22H30Cl2N4O4S2. The maximum atomic E-state index is 12.4. The minimum atomic E-state index is -3.61. The summed E-state index contributed by atoms with van der Waals surface area (Å²) in [5.41, 5.74) is 0. The number of nitrogens with zero attached hydrogens (tertiary/aromatic N) is 2. The van der Waals surface area contributed by atoms with Crippen LogP contribution < -0.4 is 9.44 Å². The summed E-state index contributed by atoms with van der Waals surface area (Å²) in [6, 6.07) is 12.6. The molecule has 0 unspecified atom stereocenters. The van der Waals surface area contributed by atoms with E-state index in [0.717, 1.165) is 39.3 Å². The Hall–Kier alpha value is -1.24. The number of halogens is 2. The second kappa shape index (κ2) is 12.6. The van der Waals surface area contributed by atoms with Crippen molar-refractivity contribution in [1.82, 2.24) is 19.2 Å². The van der Waals surface area contributed by atoms with Gasteiger partial charge in [-0.3, -0.25) is 0 Å². The third-order valence-corrected chi connectivity index (χ3v) is 9.24. The number of sulfonamides is 2. The Balaban J connectivity index is 1.29. The van der Waals surface area contributed by atoms with Crippen LogP contribution in [0.3, 0.4) is 0 Å². The first kappa shape index (κ1) is 27.3. The predicted molar refractivity (Wildman–Crippen MR) is 135 cm³/mol. The molecule has 1 aliphatic rings. The van der Waals surface area contributed by atoms with E-state index in [1.165, 1.54) is 18.2 Å². The normalized spacial score (nSPS) is 16.1. The lowest BCUT2D eigenvalue weighted by molar-refractivity contribution is 0.131. The summed E-state index contributed by atoms with van der Waals surface area (Å²) < 4.78 is 54.6. The molecule has 1 fully saturated rings. The number of hydrogen-bond donors (Lipinski definition) is 2. The molecule has 2 aromatic carbocycles. The van der Waals surface area contributed by atoms with E-state index in [2.05, 4.69) is 19.2 Å². The van der Waals surface area contributed by atoms with E-state index < -0.39 is 20.0 Å². The molecular weight excluding hydrogens is 519 g/mol. The van der Waals surface area contributed by atoms with Gasteiger partial charge in [-0.2, -0.15) is 0 Å². The third-order valence-electron chi connectivity index (χ3n) is 5.58. The average Bonchev–Trinajstić information content (AvgIpc) is 2.81. The first-order valence-corrected chi connectivity index (χ1v) is 14.8. The molecule has 0 aliphatic carbocycles. The van der Waals surface area contributed by atoms with Crippen molar-refractivity contribution < 1.29 is 16.8 Å². The summed E-state index contributed by atoms with van der Waals surface area (Å²) in [4.78, 5) is 4.88. The highest BCUT2D eigenvalue weighted by Crippen LogP contribution is 2.20. The van der Waals surface area contributed by atoms with E-state index >= 15 is 0 Å². The highest BCUT2D eigenvalue weighted by molar-refractivity contribution is 7.89. The smallest absolute Gasteiger partial charge is 0.242 e. The molecule has 1 aliphatic heterocycles. The molecule has 2 aromatic rings. The Bertz CT molecular complexity index is 1150. The van der Waals surface area contributed by atoms with Crippen molar-refractivity contribution in [3.63, 3.8) is 0 Å². The van der Waals surface area contributed by atoms with Gasteiger partial charge in [-0.05, 0) is 56.3 Å². The summed E-state index contributed by atoms with van der Waals surface area (Å²) in [7, 11) is -7.17. The zero-order valence-electron chi connectivity index (χ0n) is 18.8. The highest BCUT2D eigenvalue weighted by atomic mass is 35.5. The highest BCUT2D eigenvalue weighted by Gasteiger charge is 2.19. The minimum Gasteiger partial charge on any atom is -0.301 e. The molecule has 3 rings (SSSR count). The Morgan fingerprint density at radius 2 is 1.29 bits per heavy atom. The van der Waals surface area contributed by atoms with Crippen LogP contribution in [0, 0.1) is 0 Å². The number of hydrogen-bond acceptors (Lipinski definition) is 6. The fourth-order valence-corrected chi connectivity index (χ4v) is 6.68. The van der Waals surface area contributed by atoms with Crippen LogP contribution in [0.15, 0.2) is 58.3 Å². The lowest BCUT2D eigenvalue weighted by Crippen LogP contribution is -2.47. The Morgan fingerprint density at radius 1 is 0.735 bits per heavy atom. The van der Waals surface area contributed by atoms with Crippen LogP contribution in [0.5, 0.6) is 0 Å². The molecule has 12 heteroatoms. The summed E-state index contributed by atoms with van der Waals surface area (Å²) in [6.45, 7) is 5.90. The first-order valence-electron chi connectivity index (χ1n) is 11.1. The van der Waals surface area contributed by atoms with Gasteiger partial charge in [-0.1, -0.05) is 41.4 Å². The Kier molecular flexibility index (Phi) is 10.2. The molecule has 1 heterocycles. The fraction of sp³-hybridized carbons (Fsp3) is 0.455. The first-order chi connectivity index (χ1) is 16.2. The minimum absolute atomic E-state index is 0.0973. The molecule has 0 amide bonds. The van der Waals surface area contributed by atoms with E-state index in [-0.39, 0.29) is 14.8 Å². The summed E-state index contributed by atoms with van der Waals surface area (Å²) in [5, 5.41) is 0.599. The second-order valence-electron chi connectivity index (χ2n) is 8.07. The lowest BCUT2D eigenvalue weighted by atomic mass is 10.2. The Morgan fingerprint density at radius 3 is 1.85 bits per heavy atom. The van der Waals surface area contributed by atoms with Gasteiger partial charge >= 0.3 is 0 Å². The number of benzene rings is 2. The van der Waals surface area contributed by atoms with E-state index in [1.807, 2.05) is 0 Å². The number of piperazine rings is 1. The van der Waals surface area contributed by atoms with Crippen molar-refractivity contribution in [3.8, 4) is 0 Å². The molecule has 0 radical (unpaired) electrons. The van der Waals surface area contributed by atoms with Crippen molar-refractivity contribution in [2.45, 2.75) is 22.6 Å². The predicted octanol–water partition coefficient (Wildman–Crippen LogP) is 2.65. The van der Waals surface area contributed by atoms with E-state index in [9.17, 15) is 16.8 Å². The van der Waals surface area contributed by atoms with Crippen LogP contribution in [0.1, 0.15) is 12.8 Å². The topological polar surface area (TPSA) is 98.8 Å².